The van der Waals surface area contributed by atoms with Crippen molar-refractivity contribution >= 4 is 23.0 Å². The molecule has 1 saturated heterocycles. The fourth-order valence-electron chi connectivity index (χ4n) is 3.21. The number of rotatable bonds is 4. The van der Waals surface area contributed by atoms with E-state index in [1.54, 1.807) is 6.07 Å². The van der Waals surface area contributed by atoms with Gasteiger partial charge in [0, 0.05) is 12.6 Å². The molecule has 0 N–H and O–H groups in total. The Morgan fingerprint density at radius 3 is 2.87 bits per heavy atom. The van der Waals surface area contributed by atoms with E-state index in [2.05, 4.69) is 6.92 Å². The van der Waals surface area contributed by atoms with Gasteiger partial charge in [-0.1, -0.05) is 30.3 Å². The number of aldehydes is 1. The van der Waals surface area contributed by atoms with Gasteiger partial charge in [-0.3, -0.25) is 9.59 Å². The van der Waals surface area contributed by atoms with E-state index in [1.165, 1.54) is 6.42 Å². The summed E-state index contributed by atoms with van der Waals surface area (Å²) in [6, 6.07) is 11.6. The molecule has 0 saturated carbocycles. The van der Waals surface area contributed by atoms with E-state index >= 15 is 0 Å². The summed E-state index contributed by atoms with van der Waals surface area (Å²) in [5.41, 5.74) is 0.502. The smallest absolute Gasteiger partial charge is 0.260 e. The number of amides is 1. The molecular weight excluding hydrogens is 290 g/mol. The molecule has 120 valence electrons. The summed E-state index contributed by atoms with van der Waals surface area (Å²) in [5.74, 6) is 0.457. The lowest BCUT2D eigenvalue weighted by atomic mass is 10.0. The van der Waals surface area contributed by atoms with Crippen LogP contribution in [0.25, 0.3) is 10.8 Å². The first-order chi connectivity index (χ1) is 11.2. The van der Waals surface area contributed by atoms with Gasteiger partial charge in [0.1, 0.15) is 5.75 Å². The topological polar surface area (TPSA) is 46.6 Å². The lowest BCUT2D eigenvalue weighted by molar-refractivity contribution is -0.136. The Hall–Kier alpha value is -2.36. The number of nitrogens with zero attached hydrogens (tertiary/aromatic N) is 1. The highest BCUT2D eigenvalue weighted by Gasteiger charge is 2.23. The third-order valence-electron chi connectivity index (χ3n) is 4.52. The Balaban J connectivity index is 1.76. The number of carbonyl (C=O) groups excluding carboxylic acids is 2. The van der Waals surface area contributed by atoms with E-state index in [1.807, 2.05) is 35.2 Å². The minimum Gasteiger partial charge on any atom is -0.483 e. The fourth-order valence-corrected chi connectivity index (χ4v) is 3.21. The summed E-state index contributed by atoms with van der Waals surface area (Å²) >= 11 is 0. The highest BCUT2D eigenvalue weighted by atomic mass is 16.5. The maximum atomic E-state index is 12.4. The van der Waals surface area contributed by atoms with Gasteiger partial charge < -0.3 is 9.64 Å². The molecule has 1 atom stereocenters. The quantitative estimate of drug-likeness (QED) is 0.813. The Bertz CT molecular complexity index is 726. The molecule has 2 aromatic carbocycles. The van der Waals surface area contributed by atoms with Crippen LogP contribution in [0.15, 0.2) is 36.4 Å². The van der Waals surface area contributed by atoms with Crippen molar-refractivity contribution in [3.63, 3.8) is 0 Å². The zero-order valence-corrected chi connectivity index (χ0v) is 13.3. The SMILES string of the molecule is CC1CCCCN1C(=O)COc1ccc2ccccc2c1C=O. The summed E-state index contributed by atoms with van der Waals surface area (Å²) in [5, 5.41) is 1.83. The van der Waals surface area contributed by atoms with E-state index in [4.69, 9.17) is 4.74 Å². The molecule has 1 fully saturated rings. The Morgan fingerprint density at radius 2 is 2.09 bits per heavy atom. The molecule has 0 radical (unpaired) electrons. The van der Waals surface area contributed by atoms with Crippen molar-refractivity contribution in [1.29, 1.82) is 0 Å². The van der Waals surface area contributed by atoms with Crippen molar-refractivity contribution in [1.82, 2.24) is 4.90 Å². The molecule has 4 heteroatoms. The second-order valence-corrected chi connectivity index (χ2v) is 6.04. The first kappa shape index (κ1) is 15.5. The summed E-state index contributed by atoms with van der Waals surface area (Å²) in [6.07, 6.45) is 4.06. The standard InChI is InChI=1S/C19H21NO3/c1-14-6-4-5-11-20(14)19(22)13-23-18-10-9-15-7-2-3-8-16(15)17(18)12-21/h2-3,7-10,12,14H,4-6,11,13H2,1H3. The molecule has 1 unspecified atom stereocenters. The van der Waals surface area contributed by atoms with Crippen molar-refractivity contribution in [3.8, 4) is 5.75 Å². The molecule has 1 heterocycles. The monoisotopic (exact) mass is 311 g/mol. The number of benzene rings is 2. The molecule has 1 amide bonds. The Labute approximate surface area is 136 Å². The van der Waals surface area contributed by atoms with Crippen molar-refractivity contribution in [3.05, 3.63) is 42.0 Å². The van der Waals surface area contributed by atoms with Gasteiger partial charge in [0.05, 0.1) is 5.56 Å². The third kappa shape index (κ3) is 3.21. The van der Waals surface area contributed by atoms with Crippen molar-refractivity contribution in [2.75, 3.05) is 13.2 Å². The number of carbonyl (C=O) groups is 2. The predicted molar refractivity (Wildman–Crippen MR) is 89.9 cm³/mol. The summed E-state index contributed by atoms with van der Waals surface area (Å²) < 4.78 is 5.68. The van der Waals surface area contributed by atoms with Crippen LogP contribution in [0.4, 0.5) is 0 Å². The van der Waals surface area contributed by atoms with Crippen LogP contribution in [0.1, 0.15) is 36.5 Å². The maximum Gasteiger partial charge on any atom is 0.260 e. The normalized spacial score (nSPS) is 18.0. The first-order valence-electron chi connectivity index (χ1n) is 8.10. The number of hydrogen-bond acceptors (Lipinski definition) is 3. The highest BCUT2D eigenvalue weighted by Crippen LogP contribution is 2.27. The second-order valence-electron chi connectivity index (χ2n) is 6.04. The maximum absolute atomic E-state index is 12.4. The molecule has 23 heavy (non-hydrogen) atoms. The minimum atomic E-state index is -0.0243. The fraction of sp³-hybridized carbons (Fsp3) is 0.368. The van der Waals surface area contributed by atoms with Crippen LogP contribution < -0.4 is 4.74 Å². The molecular formula is C19H21NO3. The first-order valence-corrected chi connectivity index (χ1v) is 8.10. The average molecular weight is 311 g/mol. The van der Waals surface area contributed by atoms with Gasteiger partial charge in [-0.15, -0.1) is 0 Å². The van der Waals surface area contributed by atoms with Crippen LogP contribution in [-0.4, -0.2) is 36.3 Å². The van der Waals surface area contributed by atoms with Crippen molar-refractivity contribution in [2.45, 2.75) is 32.2 Å². The summed E-state index contributed by atoms with van der Waals surface area (Å²) in [6.45, 7) is 2.84. The number of ether oxygens (including phenoxy) is 1. The summed E-state index contributed by atoms with van der Waals surface area (Å²) in [4.78, 5) is 25.7. The van der Waals surface area contributed by atoms with Gasteiger partial charge in [0.2, 0.25) is 0 Å². The van der Waals surface area contributed by atoms with Crippen LogP contribution in [0, 0.1) is 0 Å². The van der Waals surface area contributed by atoms with Crippen molar-refractivity contribution < 1.29 is 14.3 Å². The number of piperidine rings is 1. The number of likely N-dealkylation sites (tertiary alicyclic amines) is 1. The van der Waals surface area contributed by atoms with Gasteiger partial charge in [0.25, 0.3) is 5.91 Å². The minimum absolute atomic E-state index is 0.0118. The van der Waals surface area contributed by atoms with E-state index < -0.39 is 0 Å². The van der Waals surface area contributed by atoms with Gasteiger partial charge in [0.15, 0.2) is 12.9 Å². The van der Waals surface area contributed by atoms with E-state index in [0.717, 1.165) is 36.4 Å². The third-order valence-corrected chi connectivity index (χ3v) is 4.52. The van der Waals surface area contributed by atoms with Gasteiger partial charge >= 0.3 is 0 Å². The molecule has 2 aromatic rings. The largest absolute Gasteiger partial charge is 0.483 e. The summed E-state index contributed by atoms with van der Waals surface area (Å²) in [7, 11) is 0. The average Bonchev–Trinajstić information content (AvgIpc) is 2.59. The zero-order chi connectivity index (χ0) is 16.2. The molecule has 1 aliphatic heterocycles. The van der Waals surface area contributed by atoms with Crippen LogP contribution in [0.2, 0.25) is 0 Å². The number of fused-ring (bicyclic) bond motifs is 1. The lowest BCUT2D eigenvalue weighted by Crippen LogP contribution is -2.44. The zero-order valence-electron chi connectivity index (χ0n) is 13.3. The Kier molecular flexibility index (Phi) is 4.60. The predicted octanol–water partition coefficient (Wildman–Crippen LogP) is 3.43. The number of hydrogen-bond donors (Lipinski definition) is 0. The molecule has 0 spiro atoms. The van der Waals surface area contributed by atoms with Gasteiger partial charge in [-0.2, -0.15) is 0 Å². The van der Waals surface area contributed by atoms with Gasteiger partial charge in [-0.25, -0.2) is 0 Å². The lowest BCUT2D eigenvalue weighted by Gasteiger charge is -2.33. The Morgan fingerprint density at radius 1 is 1.26 bits per heavy atom. The molecule has 0 bridgehead atoms. The highest BCUT2D eigenvalue weighted by molar-refractivity contribution is 6.00. The molecule has 0 aliphatic carbocycles. The van der Waals surface area contributed by atoms with Crippen LogP contribution in [0.3, 0.4) is 0 Å². The molecule has 1 aliphatic rings. The van der Waals surface area contributed by atoms with E-state index in [9.17, 15) is 9.59 Å². The van der Waals surface area contributed by atoms with Crippen LogP contribution in [-0.2, 0) is 4.79 Å². The second kappa shape index (κ2) is 6.82. The van der Waals surface area contributed by atoms with Crippen LogP contribution in [0.5, 0.6) is 5.75 Å². The molecule has 3 rings (SSSR count). The van der Waals surface area contributed by atoms with Crippen LogP contribution >= 0.6 is 0 Å². The van der Waals surface area contributed by atoms with E-state index in [0.29, 0.717) is 11.3 Å². The van der Waals surface area contributed by atoms with E-state index in [-0.39, 0.29) is 18.6 Å². The van der Waals surface area contributed by atoms with Gasteiger partial charge in [-0.05, 0) is 43.0 Å². The molecule has 4 nitrogen and oxygen atoms in total. The molecule has 0 aromatic heterocycles. The van der Waals surface area contributed by atoms with Crippen molar-refractivity contribution in [2.24, 2.45) is 0 Å².